The van der Waals surface area contributed by atoms with Gasteiger partial charge in [0, 0.05) is 37.9 Å². The molecule has 1 N–H and O–H groups in total. The number of cyclic esters (lactones) is 1. The van der Waals surface area contributed by atoms with Crippen molar-refractivity contribution in [1.82, 2.24) is 14.7 Å². The van der Waals surface area contributed by atoms with Crippen molar-refractivity contribution in [3.05, 3.63) is 11.3 Å². The van der Waals surface area contributed by atoms with Crippen molar-refractivity contribution in [1.29, 1.82) is 0 Å². The molecule has 0 aromatic rings. The van der Waals surface area contributed by atoms with E-state index in [4.69, 9.17) is 14.2 Å². The van der Waals surface area contributed by atoms with Gasteiger partial charge >= 0.3 is 6.09 Å². The van der Waals surface area contributed by atoms with Crippen molar-refractivity contribution < 1.29 is 33.7 Å². The van der Waals surface area contributed by atoms with Gasteiger partial charge < -0.3 is 34.0 Å². The number of aliphatic hydroxyl groups is 1. The third kappa shape index (κ3) is 6.80. The molecule has 6 fully saturated rings. The van der Waals surface area contributed by atoms with Crippen molar-refractivity contribution in [3.63, 3.8) is 0 Å². The Morgan fingerprint density at radius 1 is 0.944 bits per heavy atom. The number of carbonyl (C=O) groups excluding carboxylic acids is 3. The van der Waals surface area contributed by atoms with E-state index in [9.17, 15) is 14.7 Å². The standard InChI is InChI=1S/C43H69N3O7Si/c1-28-40(54(3,4)35-18-16-34(51-2)17-19-35)38(24-39(48)45-26-31-12-6-5-11-30(31)23-33(45)27-47)53-43(28)36-14-7-8-15-37(36)46(41(43)49)25-29-10-9-13-32(22-29)44-20-21-52-42(44)50/h28-35,38,40,47H,5-27H2,1-4H3/t28-,29?,30?,31?,32?,33+,34?,35?,38+,40-,43+/m1/s1. The zero-order valence-electron chi connectivity index (χ0n) is 33.8. The molecule has 9 atom stereocenters. The van der Waals surface area contributed by atoms with Crippen LogP contribution in [0.3, 0.4) is 0 Å². The van der Waals surface area contributed by atoms with Crippen LogP contribution in [0.25, 0.3) is 0 Å². The zero-order valence-corrected chi connectivity index (χ0v) is 34.8. The van der Waals surface area contributed by atoms with Gasteiger partial charge in [0.05, 0.1) is 45.9 Å². The highest BCUT2D eigenvalue weighted by Crippen LogP contribution is 2.62. The second kappa shape index (κ2) is 15.8. The van der Waals surface area contributed by atoms with Crippen LogP contribution in [-0.2, 0) is 23.8 Å². The normalized spacial score (nSPS) is 40.4. The van der Waals surface area contributed by atoms with Crippen LogP contribution in [0, 0.1) is 23.7 Å². The maximum absolute atomic E-state index is 15.4. The fraction of sp³-hybridized carbons (Fsp3) is 0.884. The Bertz CT molecular complexity index is 1450. The molecular formula is C43H69N3O7Si. The molecule has 0 radical (unpaired) electrons. The molecule has 0 aromatic heterocycles. The number of ether oxygens (including phenoxy) is 3. The monoisotopic (exact) mass is 767 g/mol. The van der Waals surface area contributed by atoms with Gasteiger partial charge in [-0.2, -0.15) is 0 Å². The molecule has 54 heavy (non-hydrogen) atoms. The Morgan fingerprint density at radius 3 is 2.43 bits per heavy atom. The first-order valence-corrected chi connectivity index (χ1v) is 25.3. The number of hydrogen-bond donors (Lipinski definition) is 1. The molecule has 302 valence electrons. The lowest BCUT2D eigenvalue weighted by Crippen LogP contribution is -2.53. The van der Waals surface area contributed by atoms with Crippen LogP contribution in [-0.4, -0.2) is 116 Å². The molecule has 0 aromatic carbocycles. The summed E-state index contributed by atoms with van der Waals surface area (Å²) in [5.41, 5.74) is 2.14. The molecule has 8 aliphatic rings. The first kappa shape index (κ1) is 38.9. The van der Waals surface area contributed by atoms with E-state index in [1.807, 2.05) is 16.9 Å². The highest BCUT2D eigenvalue weighted by Gasteiger charge is 2.68. The van der Waals surface area contributed by atoms with E-state index >= 15 is 4.79 Å². The predicted molar refractivity (Wildman–Crippen MR) is 209 cm³/mol. The second-order valence-corrected chi connectivity index (χ2v) is 24.5. The van der Waals surface area contributed by atoms with Gasteiger partial charge in [-0.25, -0.2) is 4.79 Å². The Hall–Kier alpha value is -1.95. The molecule has 11 heteroatoms. The van der Waals surface area contributed by atoms with E-state index in [2.05, 4.69) is 24.9 Å². The quantitative estimate of drug-likeness (QED) is 0.246. The molecule has 4 unspecified atom stereocenters. The van der Waals surface area contributed by atoms with Crippen LogP contribution in [0.1, 0.15) is 122 Å². The Labute approximate surface area is 325 Å². The fourth-order valence-corrected chi connectivity index (χ4v) is 18.6. The molecule has 3 saturated carbocycles. The van der Waals surface area contributed by atoms with Crippen LogP contribution >= 0.6 is 0 Å². The lowest BCUT2D eigenvalue weighted by Gasteiger charge is -2.47. The number of methoxy groups -OCH3 is 1. The number of piperidine rings is 1. The van der Waals surface area contributed by atoms with Crippen LogP contribution < -0.4 is 0 Å². The van der Waals surface area contributed by atoms with Gasteiger partial charge in [-0.15, -0.1) is 0 Å². The van der Waals surface area contributed by atoms with Gasteiger partial charge in [-0.3, -0.25) is 9.59 Å². The van der Waals surface area contributed by atoms with E-state index in [-0.39, 0.29) is 54.2 Å². The third-order valence-corrected chi connectivity index (χ3v) is 21.7. The molecule has 3 amide bonds. The number of allylic oxidation sites excluding steroid dienone is 1. The van der Waals surface area contributed by atoms with Crippen LogP contribution in [0.4, 0.5) is 4.79 Å². The van der Waals surface area contributed by atoms with Crippen molar-refractivity contribution in [2.45, 2.75) is 177 Å². The number of aliphatic hydroxyl groups excluding tert-OH is 1. The summed E-state index contributed by atoms with van der Waals surface area (Å²) in [6, 6.07) is 0.0451. The summed E-state index contributed by atoms with van der Waals surface area (Å²) < 4.78 is 18.6. The molecule has 10 nitrogen and oxygen atoms in total. The Kier molecular flexibility index (Phi) is 11.4. The van der Waals surface area contributed by atoms with Crippen molar-refractivity contribution in [3.8, 4) is 0 Å². The number of rotatable bonds is 9. The molecule has 4 aliphatic heterocycles. The van der Waals surface area contributed by atoms with Gasteiger partial charge in [-0.05, 0) is 105 Å². The van der Waals surface area contributed by atoms with Crippen LogP contribution in [0.2, 0.25) is 24.2 Å². The summed E-state index contributed by atoms with van der Waals surface area (Å²) in [5.74, 6) is 1.65. The van der Waals surface area contributed by atoms with Crippen molar-refractivity contribution in [2.24, 2.45) is 23.7 Å². The topological polar surface area (TPSA) is 109 Å². The number of fused-ring (bicyclic) bond motifs is 2. The average molecular weight is 768 g/mol. The summed E-state index contributed by atoms with van der Waals surface area (Å²) in [5, 5.41) is 10.6. The molecular weight excluding hydrogens is 699 g/mol. The van der Waals surface area contributed by atoms with E-state index < -0.39 is 13.7 Å². The van der Waals surface area contributed by atoms with Gasteiger partial charge in [0.1, 0.15) is 6.61 Å². The van der Waals surface area contributed by atoms with E-state index in [1.165, 1.54) is 37.0 Å². The highest BCUT2D eigenvalue weighted by molar-refractivity contribution is 6.80. The predicted octanol–water partition coefficient (Wildman–Crippen LogP) is 7.27. The minimum absolute atomic E-state index is 0.0118. The van der Waals surface area contributed by atoms with Gasteiger partial charge in [0.25, 0.3) is 5.91 Å². The van der Waals surface area contributed by atoms with Crippen molar-refractivity contribution >= 4 is 26.0 Å². The van der Waals surface area contributed by atoms with Gasteiger partial charge in [0.2, 0.25) is 5.91 Å². The molecule has 0 bridgehead atoms. The summed E-state index contributed by atoms with van der Waals surface area (Å²) >= 11 is 0. The maximum Gasteiger partial charge on any atom is 0.410 e. The minimum atomic E-state index is -2.13. The highest BCUT2D eigenvalue weighted by atomic mass is 28.3. The lowest BCUT2D eigenvalue weighted by molar-refractivity contribution is -0.154. The van der Waals surface area contributed by atoms with Gasteiger partial charge in [-0.1, -0.05) is 58.5 Å². The second-order valence-electron chi connectivity index (χ2n) is 19.4. The van der Waals surface area contributed by atoms with E-state index in [1.54, 1.807) is 0 Å². The van der Waals surface area contributed by atoms with Gasteiger partial charge in [0.15, 0.2) is 5.60 Å². The summed E-state index contributed by atoms with van der Waals surface area (Å²) in [7, 11) is -0.290. The third-order valence-electron chi connectivity index (χ3n) is 16.5. The summed E-state index contributed by atoms with van der Waals surface area (Å²) in [6.07, 6.45) is 18.2. The first-order chi connectivity index (χ1) is 26.1. The summed E-state index contributed by atoms with van der Waals surface area (Å²) in [6.45, 7) is 9.95. The first-order valence-electron chi connectivity index (χ1n) is 22.2. The number of hydrogen-bond acceptors (Lipinski definition) is 7. The number of amides is 3. The van der Waals surface area contributed by atoms with E-state index in [0.717, 1.165) is 90.0 Å². The average Bonchev–Trinajstić information content (AvgIpc) is 3.83. The van der Waals surface area contributed by atoms with Crippen LogP contribution in [0.5, 0.6) is 0 Å². The largest absolute Gasteiger partial charge is 0.448 e. The summed E-state index contributed by atoms with van der Waals surface area (Å²) in [4.78, 5) is 48.7. The number of likely N-dealkylation sites (tertiary alicyclic amines) is 1. The molecule has 3 saturated heterocycles. The van der Waals surface area contributed by atoms with Crippen molar-refractivity contribution in [2.75, 3.05) is 40.0 Å². The maximum atomic E-state index is 15.4. The minimum Gasteiger partial charge on any atom is -0.448 e. The van der Waals surface area contributed by atoms with E-state index in [0.29, 0.717) is 55.5 Å². The Balaban J connectivity index is 1.09. The fourth-order valence-electron chi connectivity index (χ4n) is 13.6. The zero-order chi connectivity index (χ0) is 37.8. The smallest absolute Gasteiger partial charge is 0.410 e. The molecule has 4 heterocycles. The Morgan fingerprint density at radius 2 is 1.70 bits per heavy atom. The number of nitrogens with zero attached hydrogens (tertiary/aromatic N) is 3. The molecule has 8 rings (SSSR count). The lowest BCUT2D eigenvalue weighted by atomic mass is 9.73. The SMILES string of the molecule is COC1CCC([Si](C)(C)[C@H]2[C@H](CC(=O)N3CC4CCCCC4C[C@H]3CO)O[C@@]3(C(=O)N(CC4CCCC(N5CCOC5=O)C4)C4=C3CCCC4)[C@@H]2C)CC1. The number of carbonyl (C=O) groups is 3. The molecule has 4 aliphatic carbocycles. The molecule has 1 spiro atoms. The van der Waals surface area contributed by atoms with Crippen LogP contribution in [0.15, 0.2) is 11.3 Å².